The maximum absolute atomic E-state index is 9.55. The Morgan fingerprint density at radius 1 is 1.50 bits per heavy atom. The van der Waals surface area contributed by atoms with Crippen molar-refractivity contribution in [1.82, 2.24) is 0 Å². The minimum Gasteiger partial charge on any atom is -0.374 e. The second-order valence-corrected chi connectivity index (χ2v) is 3.90. The van der Waals surface area contributed by atoms with Crippen molar-refractivity contribution in [3.05, 3.63) is 29.3 Å². The zero-order valence-electron chi connectivity index (χ0n) is 8.59. The van der Waals surface area contributed by atoms with Gasteiger partial charge in [-0.2, -0.15) is 0 Å². The minimum absolute atomic E-state index is 0.372. The SMILES string of the molecule is CCc1ccc2c(c1)CCCC(O)N2. The van der Waals surface area contributed by atoms with Gasteiger partial charge in [-0.15, -0.1) is 0 Å². The summed E-state index contributed by atoms with van der Waals surface area (Å²) in [5, 5.41) is 12.7. The van der Waals surface area contributed by atoms with Crippen LogP contribution >= 0.6 is 0 Å². The molecule has 1 aromatic rings. The quantitative estimate of drug-likeness (QED) is 0.714. The fraction of sp³-hybridized carbons (Fsp3) is 0.500. The largest absolute Gasteiger partial charge is 0.374 e. The highest BCUT2D eigenvalue weighted by Gasteiger charge is 2.12. The Balaban J connectivity index is 2.31. The summed E-state index contributed by atoms with van der Waals surface area (Å²) in [5.41, 5.74) is 3.83. The van der Waals surface area contributed by atoms with Crippen molar-refractivity contribution in [3.63, 3.8) is 0 Å². The van der Waals surface area contributed by atoms with Gasteiger partial charge in [0, 0.05) is 5.69 Å². The molecule has 2 heteroatoms. The highest BCUT2D eigenvalue weighted by Crippen LogP contribution is 2.24. The summed E-state index contributed by atoms with van der Waals surface area (Å²) < 4.78 is 0. The summed E-state index contributed by atoms with van der Waals surface area (Å²) in [6, 6.07) is 6.47. The Morgan fingerprint density at radius 2 is 2.36 bits per heavy atom. The number of rotatable bonds is 1. The maximum atomic E-state index is 9.55. The van der Waals surface area contributed by atoms with Crippen LogP contribution in [0.4, 0.5) is 5.69 Å². The molecule has 0 fully saturated rings. The summed E-state index contributed by atoms with van der Waals surface area (Å²) in [4.78, 5) is 0. The van der Waals surface area contributed by atoms with Crippen molar-refractivity contribution in [1.29, 1.82) is 0 Å². The molecule has 1 aliphatic heterocycles. The van der Waals surface area contributed by atoms with Crippen molar-refractivity contribution < 1.29 is 5.11 Å². The van der Waals surface area contributed by atoms with Gasteiger partial charge in [-0.25, -0.2) is 0 Å². The first-order chi connectivity index (χ1) is 6.79. The Morgan fingerprint density at radius 3 is 3.14 bits per heavy atom. The van der Waals surface area contributed by atoms with E-state index in [1.54, 1.807) is 0 Å². The lowest BCUT2D eigenvalue weighted by molar-refractivity contribution is 0.192. The first kappa shape index (κ1) is 9.53. The molecule has 14 heavy (non-hydrogen) atoms. The average Bonchev–Trinajstić information content (AvgIpc) is 2.37. The molecule has 0 radical (unpaired) electrons. The Labute approximate surface area is 85.0 Å². The van der Waals surface area contributed by atoms with Crippen LogP contribution in [0.15, 0.2) is 18.2 Å². The topological polar surface area (TPSA) is 32.3 Å². The Bertz CT molecular complexity index is 322. The maximum Gasteiger partial charge on any atom is 0.124 e. The van der Waals surface area contributed by atoms with E-state index in [1.807, 2.05) is 0 Å². The second kappa shape index (κ2) is 4.01. The third kappa shape index (κ3) is 1.90. The highest BCUT2D eigenvalue weighted by atomic mass is 16.3. The third-order valence-corrected chi connectivity index (χ3v) is 2.82. The molecule has 1 aromatic carbocycles. The van der Waals surface area contributed by atoms with Gasteiger partial charge < -0.3 is 10.4 Å². The molecule has 0 saturated heterocycles. The van der Waals surface area contributed by atoms with Crippen LogP contribution in [0.1, 0.15) is 30.9 Å². The summed E-state index contributed by atoms with van der Waals surface area (Å²) in [5.74, 6) is 0. The molecular weight excluding hydrogens is 174 g/mol. The van der Waals surface area contributed by atoms with E-state index in [0.717, 1.165) is 31.4 Å². The lowest BCUT2D eigenvalue weighted by Gasteiger charge is -2.12. The predicted molar refractivity (Wildman–Crippen MR) is 58.4 cm³/mol. The zero-order chi connectivity index (χ0) is 9.97. The lowest BCUT2D eigenvalue weighted by Crippen LogP contribution is -2.16. The van der Waals surface area contributed by atoms with Crippen molar-refractivity contribution in [2.24, 2.45) is 0 Å². The number of fused-ring (bicyclic) bond motifs is 1. The van der Waals surface area contributed by atoms with E-state index in [4.69, 9.17) is 0 Å². The van der Waals surface area contributed by atoms with Gasteiger partial charge in [0.2, 0.25) is 0 Å². The van der Waals surface area contributed by atoms with Crippen LogP contribution in [-0.2, 0) is 12.8 Å². The number of aryl methyl sites for hydroxylation is 2. The van der Waals surface area contributed by atoms with Gasteiger partial charge in [-0.3, -0.25) is 0 Å². The molecular formula is C12H17NO. The number of hydrogen-bond acceptors (Lipinski definition) is 2. The van der Waals surface area contributed by atoms with Crippen LogP contribution in [0, 0.1) is 0 Å². The van der Waals surface area contributed by atoms with Crippen LogP contribution in [-0.4, -0.2) is 11.3 Å². The number of aliphatic hydroxyl groups excluding tert-OH is 1. The van der Waals surface area contributed by atoms with Gasteiger partial charge in [-0.05, 0) is 42.9 Å². The standard InChI is InChI=1S/C12H17NO/c1-2-9-6-7-11-10(8-9)4-3-5-12(14)13-11/h6-8,12-14H,2-5H2,1H3. The number of aliphatic hydroxyl groups is 1. The van der Waals surface area contributed by atoms with E-state index in [2.05, 4.69) is 30.4 Å². The molecule has 0 aromatic heterocycles. The first-order valence-electron chi connectivity index (χ1n) is 5.36. The van der Waals surface area contributed by atoms with E-state index in [9.17, 15) is 5.11 Å². The first-order valence-corrected chi connectivity index (χ1v) is 5.36. The van der Waals surface area contributed by atoms with Crippen molar-refractivity contribution in [2.75, 3.05) is 5.32 Å². The fourth-order valence-corrected chi connectivity index (χ4v) is 1.95. The second-order valence-electron chi connectivity index (χ2n) is 3.90. The molecule has 2 rings (SSSR count). The monoisotopic (exact) mass is 191 g/mol. The Hall–Kier alpha value is -1.02. The number of hydrogen-bond donors (Lipinski definition) is 2. The summed E-state index contributed by atoms with van der Waals surface area (Å²) in [6.45, 7) is 2.17. The molecule has 0 amide bonds. The molecule has 1 aliphatic rings. The van der Waals surface area contributed by atoms with E-state index in [0.29, 0.717) is 0 Å². The molecule has 2 nitrogen and oxygen atoms in total. The predicted octanol–water partition coefficient (Wildman–Crippen LogP) is 2.32. The van der Waals surface area contributed by atoms with Crippen LogP contribution in [0.2, 0.25) is 0 Å². The molecule has 2 N–H and O–H groups in total. The minimum atomic E-state index is -0.372. The van der Waals surface area contributed by atoms with E-state index < -0.39 is 0 Å². The highest BCUT2D eigenvalue weighted by molar-refractivity contribution is 5.53. The molecule has 0 bridgehead atoms. The molecule has 1 unspecified atom stereocenters. The van der Waals surface area contributed by atoms with Crippen molar-refractivity contribution >= 4 is 5.69 Å². The van der Waals surface area contributed by atoms with E-state index >= 15 is 0 Å². The summed E-state index contributed by atoms with van der Waals surface area (Å²) in [7, 11) is 0. The normalized spacial score (nSPS) is 20.9. The number of nitrogens with one attached hydrogen (secondary N) is 1. The fourth-order valence-electron chi connectivity index (χ4n) is 1.95. The van der Waals surface area contributed by atoms with Crippen LogP contribution in [0.3, 0.4) is 0 Å². The van der Waals surface area contributed by atoms with E-state index in [-0.39, 0.29) is 6.23 Å². The summed E-state index contributed by atoms with van der Waals surface area (Å²) >= 11 is 0. The van der Waals surface area contributed by atoms with Gasteiger partial charge in [0.1, 0.15) is 6.23 Å². The van der Waals surface area contributed by atoms with Gasteiger partial charge in [0.25, 0.3) is 0 Å². The summed E-state index contributed by atoms with van der Waals surface area (Å²) in [6.07, 6.45) is 3.69. The molecule has 76 valence electrons. The van der Waals surface area contributed by atoms with E-state index in [1.165, 1.54) is 11.1 Å². The zero-order valence-corrected chi connectivity index (χ0v) is 8.59. The van der Waals surface area contributed by atoms with Crippen LogP contribution in [0.25, 0.3) is 0 Å². The smallest absolute Gasteiger partial charge is 0.124 e. The molecule has 0 spiro atoms. The van der Waals surface area contributed by atoms with Crippen LogP contribution in [0.5, 0.6) is 0 Å². The molecule has 0 saturated carbocycles. The number of anilines is 1. The van der Waals surface area contributed by atoms with Crippen molar-refractivity contribution in [2.45, 2.75) is 38.8 Å². The Kier molecular flexibility index (Phi) is 2.73. The third-order valence-electron chi connectivity index (χ3n) is 2.82. The molecule has 0 aliphatic carbocycles. The van der Waals surface area contributed by atoms with Gasteiger partial charge in [0.05, 0.1) is 0 Å². The van der Waals surface area contributed by atoms with Crippen molar-refractivity contribution in [3.8, 4) is 0 Å². The number of benzene rings is 1. The average molecular weight is 191 g/mol. The van der Waals surface area contributed by atoms with Crippen LogP contribution < -0.4 is 5.32 Å². The lowest BCUT2D eigenvalue weighted by atomic mass is 10.0. The van der Waals surface area contributed by atoms with Gasteiger partial charge in [-0.1, -0.05) is 19.1 Å². The molecule has 1 heterocycles. The van der Waals surface area contributed by atoms with Gasteiger partial charge >= 0.3 is 0 Å². The van der Waals surface area contributed by atoms with Gasteiger partial charge in [0.15, 0.2) is 0 Å². The molecule has 1 atom stereocenters.